The molecule has 0 spiro atoms. The molecule has 1 amide bonds. The predicted octanol–water partition coefficient (Wildman–Crippen LogP) is 1.47. The Labute approximate surface area is 119 Å². The van der Waals surface area contributed by atoms with Gasteiger partial charge in [0.15, 0.2) is 0 Å². The quantitative estimate of drug-likeness (QED) is 0.875. The molecule has 1 fully saturated rings. The van der Waals surface area contributed by atoms with Gasteiger partial charge in [-0.1, -0.05) is 0 Å². The molecule has 0 saturated carbocycles. The number of carbonyl (C=O) groups is 1. The highest BCUT2D eigenvalue weighted by Crippen LogP contribution is 2.23. The number of hydrogen-bond donors (Lipinski definition) is 2. The van der Waals surface area contributed by atoms with Gasteiger partial charge in [0.1, 0.15) is 11.5 Å². The molecule has 1 aliphatic heterocycles. The minimum Gasteiger partial charge on any atom is -0.507 e. The van der Waals surface area contributed by atoms with Crippen LogP contribution in [0.5, 0.6) is 11.5 Å². The lowest BCUT2D eigenvalue weighted by Gasteiger charge is -2.28. The maximum Gasteiger partial charge on any atom is 0.255 e. The Morgan fingerprint density at radius 1 is 1.45 bits per heavy atom. The first-order valence-corrected chi connectivity index (χ1v) is 6.94. The smallest absolute Gasteiger partial charge is 0.255 e. The molecule has 1 heterocycles. The van der Waals surface area contributed by atoms with Crippen molar-refractivity contribution in [3.63, 3.8) is 0 Å². The fourth-order valence-corrected chi connectivity index (χ4v) is 2.43. The van der Waals surface area contributed by atoms with Gasteiger partial charge >= 0.3 is 0 Å². The standard InChI is InChI=1S/C15H22N2O3/c1-17-7-5-11(6-8-17)10-16-15(19)13-4-3-12(20-2)9-14(13)18/h3-4,9,11,18H,5-8,10H2,1-2H3,(H,16,19). The number of hydrogen-bond acceptors (Lipinski definition) is 4. The second-order valence-corrected chi connectivity index (χ2v) is 5.34. The zero-order valence-electron chi connectivity index (χ0n) is 12.1. The lowest BCUT2D eigenvalue weighted by atomic mass is 9.97. The number of nitrogens with one attached hydrogen (secondary N) is 1. The topological polar surface area (TPSA) is 61.8 Å². The van der Waals surface area contributed by atoms with E-state index in [1.807, 2.05) is 0 Å². The van der Waals surface area contributed by atoms with E-state index in [0.717, 1.165) is 25.9 Å². The van der Waals surface area contributed by atoms with Crippen LogP contribution in [0.4, 0.5) is 0 Å². The summed E-state index contributed by atoms with van der Waals surface area (Å²) in [5.41, 5.74) is 0.290. The lowest BCUT2D eigenvalue weighted by Crippen LogP contribution is -2.36. The number of likely N-dealkylation sites (tertiary alicyclic amines) is 1. The van der Waals surface area contributed by atoms with E-state index in [9.17, 15) is 9.90 Å². The third-order valence-corrected chi connectivity index (χ3v) is 3.84. The van der Waals surface area contributed by atoms with Gasteiger partial charge < -0.3 is 20.1 Å². The second-order valence-electron chi connectivity index (χ2n) is 5.34. The van der Waals surface area contributed by atoms with Crippen molar-refractivity contribution in [2.24, 2.45) is 5.92 Å². The van der Waals surface area contributed by atoms with E-state index >= 15 is 0 Å². The van der Waals surface area contributed by atoms with Gasteiger partial charge in [-0.3, -0.25) is 4.79 Å². The highest BCUT2D eigenvalue weighted by atomic mass is 16.5. The van der Waals surface area contributed by atoms with Crippen LogP contribution >= 0.6 is 0 Å². The van der Waals surface area contributed by atoms with Gasteiger partial charge in [0, 0.05) is 12.6 Å². The van der Waals surface area contributed by atoms with Crippen LogP contribution in [0.2, 0.25) is 0 Å². The molecule has 0 aromatic heterocycles. The van der Waals surface area contributed by atoms with Crippen molar-refractivity contribution in [1.29, 1.82) is 0 Å². The van der Waals surface area contributed by atoms with Crippen LogP contribution in [0.25, 0.3) is 0 Å². The molecule has 110 valence electrons. The number of phenols is 1. The van der Waals surface area contributed by atoms with E-state index in [1.165, 1.54) is 13.2 Å². The monoisotopic (exact) mass is 278 g/mol. The Bertz CT molecular complexity index is 468. The number of rotatable bonds is 4. The van der Waals surface area contributed by atoms with Gasteiger partial charge in [0.2, 0.25) is 0 Å². The number of methoxy groups -OCH3 is 1. The fourth-order valence-electron chi connectivity index (χ4n) is 2.43. The van der Waals surface area contributed by atoms with Crippen molar-refractivity contribution in [3.8, 4) is 11.5 Å². The van der Waals surface area contributed by atoms with Crippen LogP contribution in [0.1, 0.15) is 23.2 Å². The van der Waals surface area contributed by atoms with Crippen molar-refractivity contribution < 1.29 is 14.6 Å². The summed E-state index contributed by atoms with van der Waals surface area (Å²) in [4.78, 5) is 14.3. The van der Waals surface area contributed by atoms with Crippen molar-refractivity contribution in [3.05, 3.63) is 23.8 Å². The first-order valence-electron chi connectivity index (χ1n) is 6.94. The van der Waals surface area contributed by atoms with E-state index in [1.54, 1.807) is 12.1 Å². The van der Waals surface area contributed by atoms with Crippen LogP contribution < -0.4 is 10.1 Å². The number of aromatic hydroxyl groups is 1. The Morgan fingerprint density at radius 2 is 2.15 bits per heavy atom. The molecule has 1 saturated heterocycles. The molecule has 2 rings (SSSR count). The van der Waals surface area contributed by atoms with Crippen LogP contribution in [0, 0.1) is 5.92 Å². The average Bonchev–Trinajstić information content (AvgIpc) is 2.46. The summed E-state index contributed by atoms with van der Waals surface area (Å²) < 4.78 is 5.00. The summed E-state index contributed by atoms with van der Waals surface area (Å²) in [7, 11) is 3.64. The molecule has 0 bridgehead atoms. The van der Waals surface area contributed by atoms with Gasteiger partial charge in [-0.15, -0.1) is 0 Å². The summed E-state index contributed by atoms with van der Waals surface area (Å²) in [6.45, 7) is 2.82. The maximum absolute atomic E-state index is 12.0. The number of benzene rings is 1. The molecule has 20 heavy (non-hydrogen) atoms. The third kappa shape index (κ3) is 3.63. The molecule has 2 N–H and O–H groups in total. The first kappa shape index (κ1) is 14.7. The van der Waals surface area contributed by atoms with Crippen LogP contribution in [-0.4, -0.2) is 49.7 Å². The van der Waals surface area contributed by atoms with Gasteiger partial charge in [-0.2, -0.15) is 0 Å². The van der Waals surface area contributed by atoms with Crippen LogP contribution in [-0.2, 0) is 0 Å². The third-order valence-electron chi connectivity index (χ3n) is 3.84. The minimum atomic E-state index is -0.232. The highest BCUT2D eigenvalue weighted by molar-refractivity contribution is 5.96. The molecule has 0 unspecified atom stereocenters. The van der Waals surface area contributed by atoms with E-state index in [2.05, 4.69) is 17.3 Å². The molecule has 1 aromatic rings. The first-order chi connectivity index (χ1) is 9.60. The molecular weight excluding hydrogens is 256 g/mol. The summed E-state index contributed by atoms with van der Waals surface area (Å²) in [5.74, 6) is 0.777. The molecule has 5 heteroatoms. The van der Waals surface area contributed by atoms with Gasteiger partial charge in [-0.25, -0.2) is 0 Å². The highest BCUT2D eigenvalue weighted by Gasteiger charge is 2.18. The number of carbonyl (C=O) groups excluding carboxylic acids is 1. The van der Waals surface area contributed by atoms with Crippen molar-refractivity contribution in [1.82, 2.24) is 10.2 Å². The van der Waals surface area contributed by atoms with Gasteiger partial charge in [0.25, 0.3) is 5.91 Å². The molecule has 0 radical (unpaired) electrons. The Kier molecular flexibility index (Phi) is 4.84. The van der Waals surface area contributed by atoms with E-state index in [0.29, 0.717) is 23.8 Å². The molecule has 1 aromatic carbocycles. The number of phenolic OH excluding ortho intramolecular Hbond substituents is 1. The molecular formula is C15H22N2O3. The summed E-state index contributed by atoms with van der Waals surface area (Å²) >= 11 is 0. The van der Waals surface area contributed by atoms with E-state index in [4.69, 9.17) is 4.74 Å². The number of ether oxygens (including phenoxy) is 1. The lowest BCUT2D eigenvalue weighted by molar-refractivity contribution is 0.0936. The zero-order chi connectivity index (χ0) is 14.5. The Balaban J connectivity index is 1.88. The zero-order valence-corrected chi connectivity index (χ0v) is 12.1. The predicted molar refractivity (Wildman–Crippen MR) is 77.2 cm³/mol. The fraction of sp³-hybridized carbons (Fsp3) is 0.533. The summed E-state index contributed by atoms with van der Waals surface area (Å²) in [5, 5.41) is 12.7. The molecule has 0 atom stereocenters. The molecule has 0 aliphatic carbocycles. The SMILES string of the molecule is COc1ccc(C(=O)NCC2CCN(C)CC2)c(O)c1. The Morgan fingerprint density at radius 3 is 2.75 bits per heavy atom. The summed E-state index contributed by atoms with van der Waals surface area (Å²) in [6, 6.07) is 4.70. The second kappa shape index (κ2) is 6.61. The van der Waals surface area contributed by atoms with Crippen molar-refractivity contribution in [2.75, 3.05) is 33.8 Å². The van der Waals surface area contributed by atoms with Gasteiger partial charge in [-0.05, 0) is 51.0 Å². The van der Waals surface area contributed by atoms with Crippen molar-refractivity contribution >= 4 is 5.91 Å². The van der Waals surface area contributed by atoms with E-state index < -0.39 is 0 Å². The molecule has 5 nitrogen and oxygen atoms in total. The normalized spacial score (nSPS) is 16.9. The van der Waals surface area contributed by atoms with Crippen LogP contribution in [0.3, 0.4) is 0 Å². The van der Waals surface area contributed by atoms with Gasteiger partial charge in [0.05, 0.1) is 12.7 Å². The van der Waals surface area contributed by atoms with Crippen LogP contribution in [0.15, 0.2) is 18.2 Å². The number of nitrogens with zero attached hydrogens (tertiary/aromatic N) is 1. The largest absolute Gasteiger partial charge is 0.507 e. The summed E-state index contributed by atoms with van der Waals surface area (Å²) in [6.07, 6.45) is 2.21. The molecule has 1 aliphatic rings. The van der Waals surface area contributed by atoms with E-state index in [-0.39, 0.29) is 11.7 Å². The maximum atomic E-state index is 12.0. The number of amides is 1. The van der Waals surface area contributed by atoms with Crippen molar-refractivity contribution in [2.45, 2.75) is 12.8 Å². The minimum absolute atomic E-state index is 0.0507. The number of piperidine rings is 1. The average molecular weight is 278 g/mol. The Hall–Kier alpha value is -1.75.